The van der Waals surface area contributed by atoms with Gasteiger partial charge in [-0.3, -0.25) is 9.47 Å². The average molecular weight is 215 g/mol. The molecule has 1 aliphatic rings. The SMILES string of the molecule is CC1(C)C=C[N+](C)(C)C(c2ccccn2)=C1. The average Bonchev–Trinajstić information content (AvgIpc) is 2.24. The summed E-state index contributed by atoms with van der Waals surface area (Å²) in [6, 6.07) is 6.06. The van der Waals surface area contributed by atoms with Gasteiger partial charge in [-0.25, -0.2) is 0 Å². The van der Waals surface area contributed by atoms with E-state index in [1.807, 2.05) is 18.3 Å². The zero-order chi connectivity index (χ0) is 11.8. The minimum absolute atomic E-state index is 0.112. The smallest absolute Gasteiger partial charge is 0.159 e. The topological polar surface area (TPSA) is 12.9 Å². The molecule has 1 aliphatic heterocycles. The van der Waals surface area contributed by atoms with E-state index in [-0.39, 0.29) is 5.41 Å². The summed E-state index contributed by atoms with van der Waals surface area (Å²) >= 11 is 0. The molecule has 2 heterocycles. The van der Waals surface area contributed by atoms with Gasteiger partial charge in [0.05, 0.1) is 20.3 Å². The molecule has 0 saturated carbocycles. The predicted octanol–water partition coefficient (Wildman–Crippen LogP) is 3.05. The molecule has 0 spiro atoms. The second-order valence-corrected chi connectivity index (χ2v) is 5.42. The molecular weight excluding hydrogens is 196 g/mol. The largest absolute Gasteiger partial charge is 0.268 e. The Balaban J connectivity index is 2.50. The number of nitrogens with zero attached hydrogens (tertiary/aromatic N) is 2. The number of hydrogen-bond acceptors (Lipinski definition) is 1. The van der Waals surface area contributed by atoms with Crippen molar-refractivity contribution >= 4 is 5.70 Å². The molecule has 0 saturated heterocycles. The molecule has 1 aromatic heterocycles. The highest BCUT2D eigenvalue weighted by Gasteiger charge is 2.30. The van der Waals surface area contributed by atoms with E-state index in [0.29, 0.717) is 0 Å². The van der Waals surface area contributed by atoms with E-state index < -0.39 is 0 Å². The molecule has 0 bridgehead atoms. The summed E-state index contributed by atoms with van der Waals surface area (Å²) in [7, 11) is 4.35. The van der Waals surface area contributed by atoms with Gasteiger partial charge < -0.3 is 0 Å². The maximum atomic E-state index is 4.45. The van der Waals surface area contributed by atoms with Gasteiger partial charge in [0.15, 0.2) is 5.70 Å². The molecule has 2 nitrogen and oxygen atoms in total. The fourth-order valence-electron chi connectivity index (χ4n) is 1.91. The molecular formula is C14H19N2+. The maximum Gasteiger partial charge on any atom is 0.159 e. The molecule has 2 heteroatoms. The number of allylic oxidation sites excluding steroid dienone is 2. The molecule has 1 aromatic rings. The van der Waals surface area contributed by atoms with Crippen molar-refractivity contribution in [1.82, 2.24) is 4.98 Å². The first-order valence-electron chi connectivity index (χ1n) is 5.60. The third-order valence-electron chi connectivity index (χ3n) is 2.93. The molecule has 84 valence electrons. The summed E-state index contributed by atoms with van der Waals surface area (Å²) in [5.41, 5.74) is 2.43. The summed E-state index contributed by atoms with van der Waals surface area (Å²) in [5, 5.41) is 0. The monoisotopic (exact) mass is 215 g/mol. The van der Waals surface area contributed by atoms with Crippen LogP contribution in [0.25, 0.3) is 5.70 Å². The van der Waals surface area contributed by atoms with Gasteiger partial charge in [-0.15, -0.1) is 0 Å². The van der Waals surface area contributed by atoms with Crippen molar-refractivity contribution in [3.8, 4) is 0 Å². The van der Waals surface area contributed by atoms with Crippen LogP contribution >= 0.6 is 0 Å². The molecule has 0 atom stereocenters. The lowest BCUT2D eigenvalue weighted by Gasteiger charge is -2.33. The van der Waals surface area contributed by atoms with Crippen LogP contribution in [0.2, 0.25) is 0 Å². The van der Waals surface area contributed by atoms with Gasteiger partial charge in [0, 0.05) is 11.6 Å². The molecule has 16 heavy (non-hydrogen) atoms. The minimum Gasteiger partial charge on any atom is -0.268 e. The summed E-state index contributed by atoms with van der Waals surface area (Å²) in [6.07, 6.45) is 8.63. The molecule has 0 radical (unpaired) electrons. The van der Waals surface area contributed by atoms with Crippen molar-refractivity contribution in [2.24, 2.45) is 5.41 Å². The Hall–Kier alpha value is -1.41. The van der Waals surface area contributed by atoms with Crippen LogP contribution < -0.4 is 0 Å². The maximum absolute atomic E-state index is 4.45. The van der Waals surface area contributed by atoms with Crippen LogP contribution in [0.5, 0.6) is 0 Å². The number of quaternary nitrogens is 1. The van der Waals surface area contributed by atoms with Crippen LogP contribution in [0, 0.1) is 5.41 Å². The molecule has 2 rings (SSSR count). The Kier molecular flexibility index (Phi) is 2.47. The Labute approximate surface area is 97.5 Å². The van der Waals surface area contributed by atoms with Gasteiger partial charge in [0.25, 0.3) is 0 Å². The third-order valence-corrected chi connectivity index (χ3v) is 2.93. The zero-order valence-corrected chi connectivity index (χ0v) is 10.4. The lowest BCUT2D eigenvalue weighted by atomic mass is 9.88. The van der Waals surface area contributed by atoms with Gasteiger partial charge in [0.2, 0.25) is 0 Å². The summed E-state index contributed by atoms with van der Waals surface area (Å²) in [4.78, 5) is 4.45. The highest BCUT2D eigenvalue weighted by Crippen LogP contribution is 2.34. The van der Waals surface area contributed by atoms with E-state index in [1.54, 1.807) is 0 Å². The van der Waals surface area contributed by atoms with Crippen molar-refractivity contribution in [3.63, 3.8) is 0 Å². The Morgan fingerprint density at radius 2 is 1.94 bits per heavy atom. The molecule has 0 amide bonds. The van der Waals surface area contributed by atoms with Gasteiger partial charge in [0.1, 0.15) is 5.69 Å². The molecule has 0 aromatic carbocycles. The quantitative estimate of drug-likeness (QED) is 0.656. The summed E-state index contributed by atoms with van der Waals surface area (Å²) < 4.78 is 0.750. The van der Waals surface area contributed by atoms with E-state index in [9.17, 15) is 0 Å². The predicted molar refractivity (Wildman–Crippen MR) is 67.2 cm³/mol. The standard InChI is InChI=1S/C14H19N2/c1-14(2)8-10-16(3,4)13(11-14)12-7-5-6-9-15-12/h5-11H,1-4H3/q+1. The van der Waals surface area contributed by atoms with Crippen LogP contribution in [-0.2, 0) is 0 Å². The number of rotatable bonds is 1. The first-order valence-corrected chi connectivity index (χ1v) is 5.60. The van der Waals surface area contributed by atoms with Crippen LogP contribution in [0.3, 0.4) is 0 Å². The van der Waals surface area contributed by atoms with Crippen molar-refractivity contribution in [2.75, 3.05) is 14.1 Å². The fraction of sp³-hybridized carbons (Fsp3) is 0.357. The van der Waals surface area contributed by atoms with Gasteiger partial charge >= 0.3 is 0 Å². The Morgan fingerprint density at radius 1 is 1.19 bits per heavy atom. The van der Waals surface area contributed by atoms with E-state index >= 15 is 0 Å². The first kappa shape index (κ1) is 11.1. The second-order valence-electron chi connectivity index (χ2n) is 5.42. The van der Waals surface area contributed by atoms with Crippen molar-refractivity contribution in [1.29, 1.82) is 0 Å². The van der Waals surface area contributed by atoms with Gasteiger partial charge in [-0.1, -0.05) is 19.9 Å². The number of aromatic nitrogens is 1. The Bertz CT molecular complexity index is 439. The first-order chi connectivity index (χ1) is 7.41. The fourth-order valence-corrected chi connectivity index (χ4v) is 1.91. The van der Waals surface area contributed by atoms with E-state index in [4.69, 9.17) is 0 Å². The van der Waals surface area contributed by atoms with Crippen LogP contribution in [-0.4, -0.2) is 23.6 Å². The second kappa shape index (κ2) is 3.56. The lowest BCUT2D eigenvalue weighted by molar-refractivity contribution is -0.764. The summed E-state index contributed by atoms with van der Waals surface area (Å²) in [5.74, 6) is 0. The van der Waals surface area contributed by atoms with E-state index in [2.05, 4.69) is 57.3 Å². The number of hydrogen-bond donors (Lipinski definition) is 0. The summed E-state index contributed by atoms with van der Waals surface area (Å²) in [6.45, 7) is 4.43. The van der Waals surface area contributed by atoms with Crippen LogP contribution in [0.4, 0.5) is 0 Å². The van der Waals surface area contributed by atoms with Crippen LogP contribution in [0.1, 0.15) is 19.5 Å². The van der Waals surface area contributed by atoms with Crippen molar-refractivity contribution in [2.45, 2.75) is 13.8 Å². The lowest BCUT2D eigenvalue weighted by Crippen LogP contribution is -2.35. The van der Waals surface area contributed by atoms with E-state index in [0.717, 1.165) is 10.2 Å². The van der Waals surface area contributed by atoms with Crippen LogP contribution in [0.15, 0.2) is 42.7 Å². The van der Waals surface area contributed by atoms with Gasteiger partial charge in [-0.05, 0) is 24.3 Å². The minimum atomic E-state index is 0.112. The molecule has 0 unspecified atom stereocenters. The zero-order valence-electron chi connectivity index (χ0n) is 10.4. The van der Waals surface area contributed by atoms with Crippen molar-refractivity contribution in [3.05, 3.63) is 48.4 Å². The number of pyridine rings is 1. The highest BCUT2D eigenvalue weighted by molar-refractivity contribution is 5.58. The normalized spacial score (nSPS) is 21.6. The van der Waals surface area contributed by atoms with Gasteiger partial charge in [-0.2, -0.15) is 0 Å². The highest BCUT2D eigenvalue weighted by atomic mass is 15.3. The molecule has 0 N–H and O–H groups in total. The Morgan fingerprint density at radius 3 is 2.56 bits per heavy atom. The third kappa shape index (κ3) is 2.07. The molecule has 0 fully saturated rings. The van der Waals surface area contributed by atoms with E-state index in [1.165, 1.54) is 5.70 Å². The molecule has 0 aliphatic carbocycles. The van der Waals surface area contributed by atoms with Crippen molar-refractivity contribution < 1.29 is 4.48 Å².